The van der Waals surface area contributed by atoms with Gasteiger partial charge in [-0.1, -0.05) is 6.07 Å². The van der Waals surface area contributed by atoms with Gasteiger partial charge in [0.25, 0.3) is 0 Å². The Balaban J connectivity index is 1.71. The Labute approximate surface area is 155 Å². The number of carbonyl (C=O) groups excluding carboxylic acids is 3. The SMILES string of the molecule is NC(=O)c1cc(NC(=O)CN2CCC[C@H]2c2cccs2)cc(C(N)=O)c1. The van der Waals surface area contributed by atoms with Crippen LogP contribution in [0, 0.1) is 0 Å². The fourth-order valence-electron chi connectivity index (χ4n) is 3.19. The van der Waals surface area contributed by atoms with Gasteiger partial charge in [-0.05, 0) is 49.0 Å². The maximum atomic E-state index is 12.5. The highest BCUT2D eigenvalue weighted by molar-refractivity contribution is 7.10. The first kappa shape index (κ1) is 18.1. The summed E-state index contributed by atoms with van der Waals surface area (Å²) in [5.41, 5.74) is 11.1. The summed E-state index contributed by atoms with van der Waals surface area (Å²) in [7, 11) is 0. The van der Waals surface area contributed by atoms with Gasteiger partial charge in [0.1, 0.15) is 0 Å². The monoisotopic (exact) mass is 372 g/mol. The number of amides is 3. The van der Waals surface area contributed by atoms with E-state index in [1.54, 1.807) is 11.3 Å². The fourth-order valence-corrected chi connectivity index (χ4v) is 4.08. The lowest BCUT2D eigenvalue weighted by atomic mass is 10.1. The number of primary amides is 2. The molecule has 3 rings (SSSR count). The summed E-state index contributed by atoms with van der Waals surface area (Å²) in [6.45, 7) is 1.08. The lowest BCUT2D eigenvalue weighted by molar-refractivity contribution is -0.117. The lowest BCUT2D eigenvalue weighted by Gasteiger charge is -2.23. The van der Waals surface area contributed by atoms with Crippen LogP contribution in [0.15, 0.2) is 35.7 Å². The second kappa shape index (κ2) is 7.67. The molecule has 0 aliphatic carbocycles. The molecule has 0 spiro atoms. The van der Waals surface area contributed by atoms with Crippen LogP contribution in [0.5, 0.6) is 0 Å². The number of thiophene rings is 1. The van der Waals surface area contributed by atoms with E-state index in [0.29, 0.717) is 5.69 Å². The molecule has 1 aromatic heterocycles. The molecule has 1 aromatic carbocycles. The first-order valence-electron chi connectivity index (χ1n) is 8.26. The molecule has 136 valence electrons. The second-order valence-electron chi connectivity index (χ2n) is 6.22. The summed E-state index contributed by atoms with van der Waals surface area (Å²) in [5, 5.41) is 4.77. The molecule has 0 radical (unpaired) electrons. The summed E-state index contributed by atoms with van der Waals surface area (Å²) < 4.78 is 0. The van der Waals surface area contributed by atoms with Gasteiger partial charge in [-0.3, -0.25) is 19.3 Å². The molecule has 0 saturated carbocycles. The quantitative estimate of drug-likeness (QED) is 0.715. The Morgan fingerprint density at radius 2 is 1.85 bits per heavy atom. The van der Waals surface area contributed by atoms with Crippen molar-refractivity contribution in [2.75, 3.05) is 18.4 Å². The van der Waals surface area contributed by atoms with Crippen molar-refractivity contribution in [3.8, 4) is 0 Å². The molecule has 5 N–H and O–H groups in total. The molecular formula is C18H20N4O3S. The molecule has 8 heteroatoms. The van der Waals surface area contributed by atoms with Gasteiger partial charge in [0.15, 0.2) is 0 Å². The molecule has 1 aliphatic heterocycles. The third kappa shape index (κ3) is 4.09. The van der Waals surface area contributed by atoms with Gasteiger partial charge >= 0.3 is 0 Å². The highest BCUT2D eigenvalue weighted by Gasteiger charge is 2.28. The van der Waals surface area contributed by atoms with Gasteiger partial charge in [-0.25, -0.2) is 0 Å². The number of carbonyl (C=O) groups is 3. The molecule has 1 saturated heterocycles. The average molecular weight is 372 g/mol. The van der Waals surface area contributed by atoms with Gasteiger partial charge in [-0.15, -0.1) is 11.3 Å². The van der Waals surface area contributed by atoms with Crippen LogP contribution in [0.1, 0.15) is 44.5 Å². The van der Waals surface area contributed by atoms with Crippen LogP contribution in [0.25, 0.3) is 0 Å². The Bertz CT molecular complexity index is 803. The summed E-state index contributed by atoms with van der Waals surface area (Å²) >= 11 is 1.69. The fraction of sp³-hybridized carbons (Fsp3) is 0.278. The Kier molecular flexibility index (Phi) is 5.34. The Morgan fingerprint density at radius 1 is 1.15 bits per heavy atom. The maximum absolute atomic E-state index is 12.5. The summed E-state index contributed by atoms with van der Waals surface area (Å²) in [4.78, 5) is 38.7. The molecular weight excluding hydrogens is 352 g/mol. The number of likely N-dealkylation sites (tertiary alicyclic amines) is 1. The van der Waals surface area contributed by atoms with Gasteiger partial charge < -0.3 is 16.8 Å². The Morgan fingerprint density at radius 3 is 2.42 bits per heavy atom. The van der Waals surface area contributed by atoms with E-state index in [9.17, 15) is 14.4 Å². The van der Waals surface area contributed by atoms with Gasteiger partial charge in [0, 0.05) is 27.7 Å². The first-order valence-corrected chi connectivity index (χ1v) is 9.14. The molecule has 1 aliphatic rings. The van der Waals surface area contributed by atoms with E-state index in [-0.39, 0.29) is 29.6 Å². The van der Waals surface area contributed by atoms with E-state index < -0.39 is 11.8 Å². The minimum absolute atomic E-state index is 0.120. The van der Waals surface area contributed by atoms with E-state index in [1.807, 2.05) is 11.4 Å². The smallest absolute Gasteiger partial charge is 0.248 e. The van der Waals surface area contributed by atoms with Crippen LogP contribution in [-0.2, 0) is 4.79 Å². The summed E-state index contributed by atoms with van der Waals surface area (Å²) in [6.07, 6.45) is 2.07. The number of rotatable bonds is 6. The number of nitrogens with one attached hydrogen (secondary N) is 1. The molecule has 7 nitrogen and oxygen atoms in total. The van der Waals surface area contributed by atoms with E-state index in [4.69, 9.17) is 11.5 Å². The summed E-state index contributed by atoms with van der Waals surface area (Å²) in [5.74, 6) is -1.60. The number of benzene rings is 1. The molecule has 1 fully saturated rings. The third-order valence-electron chi connectivity index (χ3n) is 4.37. The second-order valence-corrected chi connectivity index (χ2v) is 7.20. The zero-order valence-corrected chi connectivity index (χ0v) is 14.9. The van der Waals surface area contributed by atoms with E-state index in [2.05, 4.69) is 16.3 Å². The predicted octanol–water partition coefficient (Wildman–Crippen LogP) is 1.72. The van der Waals surface area contributed by atoms with Crippen LogP contribution in [0.4, 0.5) is 5.69 Å². The van der Waals surface area contributed by atoms with Crippen molar-refractivity contribution in [1.82, 2.24) is 4.90 Å². The van der Waals surface area contributed by atoms with Crippen LogP contribution in [-0.4, -0.2) is 35.7 Å². The predicted molar refractivity (Wildman–Crippen MR) is 100.0 cm³/mol. The number of nitrogens with zero attached hydrogens (tertiary/aromatic N) is 1. The van der Waals surface area contributed by atoms with Crippen molar-refractivity contribution in [1.29, 1.82) is 0 Å². The number of hydrogen-bond donors (Lipinski definition) is 3. The van der Waals surface area contributed by atoms with Crippen LogP contribution in [0.3, 0.4) is 0 Å². The highest BCUT2D eigenvalue weighted by Crippen LogP contribution is 2.34. The number of anilines is 1. The molecule has 2 aromatic rings. The summed E-state index contributed by atoms with van der Waals surface area (Å²) in [6, 6.07) is 8.53. The van der Waals surface area contributed by atoms with Crippen molar-refractivity contribution in [2.24, 2.45) is 11.5 Å². The minimum atomic E-state index is -0.694. The average Bonchev–Trinajstić information content (AvgIpc) is 3.25. The van der Waals surface area contributed by atoms with Crippen LogP contribution >= 0.6 is 11.3 Å². The Hall–Kier alpha value is -2.71. The number of hydrogen-bond acceptors (Lipinski definition) is 5. The normalized spacial score (nSPS) is 17.2. The van der Waals surface area contributed by atoms with Gasteiger partial charge in [0.05, 0.1) is 6.54 Å². The van der Waals surface area contributed by atoms with Crippen molar-refractivity contribution in [3.63, 3.8) is 0 Å². The third-order valence-corrected chi connectivity index (χ3v) is 5.34. The van der Waals surface area contributed by atoms with E-state index in [1.165, 1.54) is 23.1 Å². The van der Waals surface area contributed by atoms with Crippen molar-refractivity contribution >= 4 is 34.7 Å². The molecule has 0 bridgehead atoms. The molecule has 2 heterocycles. The lowest BCUT2D eigenvalue weighted by Crippen LogP contribution is -2.32. The van der Waals surface area contributed by atoms with Crippen LogP contribution < -0.4 is 16.8 Å². The molecule has 0 unspecified atom stereocenters. The van der Waals surface area contributed by atoms with Crippen molar-refractivity contribution < 1.29 is 14.4 Å². The molecule has 3 amide bonds. The van der Waals surface area contributed by atoms with Crippen molar-refractivity contribution in [2.45, 2.75) is 18.9 Å². The van der Waals surface area contributed by atoms with Crippen molar-refractivity contribution in [3.05, 3.63) is 51.7 Å². The molecule has 26 heavy (non-hydrogen) atoms. The standard InChI is InChI=1S/C18H20N4O3S/c19-17(24)11-7-12(18(20)25)9-13(8-11)21-16(23)10-22-5-1-3-14(22)15-4-2-6-26-15/h2,4,6-9,14H,1,3,5,10H2,(H2,19,24)(H2,20,25)(H,21,23)/t14-/m0/s1. The minimum Gasteiger partial charge on any atom is -0.366 e. The highest BCUT2D eigenvalue weighted by atomic mass is 32.1. The maximum Gasteiger partial charge on any atom is 0.248 e. The number of nitrogens with two attached hydrogens (primary N) is 2. The largest absolute Gasteiger partial charge is 0.366 e. The van der Waals surface area contributed by atoms with Crippen LogP contribution in [0.2, 0.25) is 0 Å². The van der Waals surface area contributed by atoms with E-state index in [0.717, 1.165) is 19.4 Å². The van der Waals surface area contributed by atoms with E-state index >= 15 is 0 Å². The molecule has 1 atom stereocenters. The zero-order valence-electron chi connectivity index (χ0n) is 14.1. The first-order chi connectivity index (χ1) is 12.4. The van der Waals surface area contributed by atoms with Gasteiger partial charge in [-0.2, -0.15) is 0 Å². The van der Waals surface area contributed by atoms with Gasteiger partial charge in [0.2, 0.25) is 17.7 Å². The zero-order chi connectivity index (χ0) is 18.7. The topological polar surface area (TPSA) is 119 Å².